The highest BCUT2D eigenvalue weighted by Gasteiger charge is 2.23. The van der Waals surface area contributed by atoms with Crippen LogP contribution in [0.1, 0.15) is 54.1 Å². The second-order valence-electron chi connectivity index (χ2n) is 5.89. The lowest BCUT2D eigenvalue weighted by molar-refractivity contribution is 0.0936. The normalized spacial score (nSPS) is 20.7. The maximum absolute atomic E-state index is 12.4. The van der Waals surface area contributed by atoms with E-state index in [0.717, 1.165) is 24.0 Å². The average molecular weight is 285 g/mol. The Kier molecular flexibility index (Phi) is 5.41. The molecule has 21 heavy (non-hydrogen) atoms. The first kappa shape index (κ1) is 15.6. The van der Waals surface area contributed by atoms with E-state index in [4.69, 9.17) is 5.11 Å². The van der Waals surface area contributed by atoms with E-state index in [0.29, 0.717) is 23.9 Å². The van der Waals surface area contributed by atoms with Crippen LogP contribution < -0.4 is 5.32 Å². The molecule has 0 heterocycles. The monoisotopic (exact) mass is 285 g/mol. The maximum Gasteiger partial charge on any atom is 0.251 e. The summed E-state index contributed by atoms with van der Waals surface area (Å²) in [7, 11) is 0. The van der Waals surface area contributed by atoms with Gasteiger partial charge in [0.05, 0.1) is 6.61 Å². The number of carbonyl (C=O) groups is 1. The zero-order valence-corrected chi connectivity index (χ0v) is 12.8. The van der Waals surface area contributed by atoms with Gasteiger partial charge in [-0.25, -0.2) is 0 Å². The van der Waals surface area contributed by atoms with E-state index < -0.39 is 0 Å². The first-order valence-corrected chi connectivity index (χ1v) is 7.61. The molecule has 0 bridgehead atoms. The fraction of sp³-hybridized carbons (Fsp3) is 0.500. The van der Waals surface area contributed by atoms with E-state index in [1.165, 1.54) is 6.42 Å². The van der Waals surface area contributed by atoms with E-state index in [9.17, 15) is 4.79 Å². The van der Waals surface area contributed by atoms with Crippen molar-refractivity contribution in [2.45, 2.75) is 45.6 Å². The molecule has 0 aliphatic heterocycles. The van der Waals surface area contributed by atoms with Gasteiger partial charge in [-0.2, -0.15) is 0 Å². The molecule has 2 atom stereocenters. The van der Waals surface area contributed by atoms with Crippen LogP contribution in [0.3, 0.4) is 0 Å². The lowest BCUT2D eigenvalue weighted by Crippen LogP contribution is -2.33. The molecule has 0 saturated heterocycles. The first-order valence-electron chi connectivity index (χ1n) is 7.61. The number of hydrogen-bond donors (Lipinski definition) is 2. The summed E-state index contributed by atoms with van der Waals surface area (Å²) in [5.74, 6) is 6.56. The molecule has 3 nitrogen and oxygen atoms in total. The van der Waals surface area contributed by atoms with E-state index >= 15 is 0 Å². The van der Waals surface area contributed by atoms with Crippen LogP contribution in [0.2, 0.25) is 0 Å². The average Bonchev–Trinajstić information content (AvgIpc) is 2.86. The molecule has 1 aromatic rings. The zero-order valence-electron chi connectivity index (χ0n) is 12.8. The van der Waals surface area contributed by atoms with E-state index in [-0.39, 0.29) is 12.5 Å². The standard InChI is InChI=1S/C18H23NO2/c1-13-6-9-16(11-13)19-18(21)17-12-15(5-3-4-10-20)8-7-14(17)2/h7-8,12-13,16,20H,4,6,9-11H2,1-2H3,(H,19,21). The lowest BCUT2D eigenvalue weighted by Gasteiger charge is -2.14. The summed E-state index contributed by atoms with van der Waals surface area (Å²) >= 11 is 0. The van der Waals surface area contributed by atoms with Crippen molar-refractivity contribution >= 4 is 5.91 Å². The topological polar surface area (TPSA) is 49.3 Å². The Hall–Kier alpha value is -1.79. The molecule has 2 N–H and O–H groups in total. The fourth-order valence-electron chi connectivity index (χ4n) is 2.77. The van der Waals surface area contributed by atoms with Crippen LogP contribution in [0.5, 0.6) is 0 Å². The van der Waals surface area contributed by atoms with Crippen LogP contribution in [0, 0.1) is 24.7 Å². The molecule has 0 aromatic heterocycles. The second kappa shape index (κ2) is 7.28. The van der Waals surface area contributed by atoms with Crippen molar-refractivity contribution in [3.8, 4) is 11.8 Å². The molecule has 3 heteroatoms. The predicted octanol–water partition coefficient (Wildman–Crippen LogP) is 2.65. The number of amides is 1. The fourth-order valence-corrected chi connectivity index (χ4v) is 2.77. The first-order chi connectivity index (χ1) is 10.1. The molecule has 0 radical (unpaired) electrons. The van der Waals surface area contributed by atoms with Crippen LogP contribution >= 0.6 is 0 Å². The molecule has 1 aromatic carbocycles. The third-order valence-corrected chi connectivity index (χ3v) is 3.98. The van der Waals surface area contributed by atoms with Crippen molar-refractivity contribution in [2.24, 2.45) is 5.92 Å². The Morgan fingerprint density at radius 2 is 2.24 bits per heavy atom. The molecule has 2 rings (SSSR count). The Labute approximate surface area is 126 Å². The number of benzene rings is 1. The summed E-state index contributed by atoms with van der Waals surface area (Å²) in [6.07, 6.45) is 3.79. The van der Waals surface area contributed by atoms with Crippen LogP contribution in [0.15, 0.2) is 18.2 Å². The third-order valence-electron chi connectivity index (χ3n) is 3.98. The maximum atomic E-state index is 12.4. The molecule has 1 fully saturated rings. The van der Waals surface area contributed by atoms with Gasteiger partial charge in [-0.3, -0.25) is 4.79 Å². The van der Waals surface area contributed by atoms with Crippen LogP contribution in [0.25, 0.3) is 0 Å². The van der Waals surface area contributed by atoms with Crippen molar-refractivity contribution in [1.29, 1.82) is 0 Å². The van der Waals surface area contributed by atoms with E-state index in [2.05, 4.69) is 24.1 Å². The van der Waals surface area contributed by atoms with Crippen molar-refractivity contribution in [3.63, 3.8) is 0 Å². The van der Waals surface area contributed by atoms with Gasteiger partial charge >= 0.3 is 0 Å². The van der Waals surface area contributed by atoms with Crippen molar-refractivity contribution in [3.05, 3.63) is 34.9 Å². The summed E-state index contributed by atoms with van der Waals surface area (Å²) in [5, 5.41) is 11.9. The van der Waals surface area contributed by atoms with E-state index in [1.807, 2.05) is 25.1 Å². The molecular formula is C18H23NO2. The Morgan fingerprint density at radius 1 is 1.43 bits per heavy atom. The predicted molar refractivity (Wildman–Crippen MR) is 84.0 cm³/mol. The van der Waals surface area contributed by atoms with Crippen molar-refractivity contribution in [2.75, 3.05) is 6.61 Å². The highest BCUT2D eigenvalue weighted by Crippen LogP contribution is 2.25. The van der Waals surface area contributed by atoms with Crippen LogP contribution in [-0.2, 0) is 0 Å². The molecule has 112 valence electrons. The van der Waals surface area contributed by atoms with Gasteiger partial charge in [-0.15, -0.1) is 0 Å². The number of aliphatic hydroxyl groups is 1. The summed E-state index contributed by atoms with van der Waals surface area (Å²) in [4.78, 5) is 12.4. The second-order valence-corrected chi connectivity index (χ2v) is 5.89. The molecule has 1 amide bonds. The lowest BCUT2D eigenvalue weighted by atomic mass is 10.0. The minimum atomic E-state index is -0.00240. The molecule has 1 saturated carbocycles. The summed E-state index contributed by atoms with van der Waals surface area (Å²) < 4.78 is 0. The van der Waals surface area contributed by atoms with Gasteiger partial charge in [0.15, 0.2) is 0 Å². The molecule has 2 unspecified atom stereocenters. The summed E-state index contributed by atoms with van der Waals surface area (Å²) in [6.45, 7) is 4.23. The van der Waals surface area contributed by atoms with Gasteiger partial charge in [0.1, 0.15) is 0 Å². The largest absolute Gasteiger partial charge is 0.395 e. The Bertz CT molecular complexity index is 568. The number of aryl methyl sites for hydroxylation is 1. The van der Waals surface area contributed by atoms with Crippen molar-refractivity contribution in [1.82, 2.24) is 5.32 Å². The van der Waals surface area contributed by atoms with Crippen LogP contribution in [-0.4, -0.2) is 23.7 Å². The van der Waals surface area contributed by atoms with Gasteiger partial charge in [0.2, 0.25) is 0 Å². The minimum Gasteiger partial charge on any atom is -0.395 e. The van der Waals surface area contributed by atoms with Gasteiger partial charge in [0.25, 0.3) is 5.91 Å². The SMILES string of the molecule is Cc1ccc(C#CCCO)cc1C(=O)NC1CCC(C)C1. The van der Waals surface area contributed by atoms with Gasteiger partial charge < -0.3 is 10.4 Å². The molecule has 0 spiro atoms. The number of hydrogen-bond acceptors (Lipinski definition) is 2. The molecule has 1 aliphatic carbocycles. The molecular weight excluding hydrogens is 262 g/mol. The summed E-state index contributed by atoms with van der Waals surface area (Å²) in [6, 6.07) is 5.98. The van der Waals surface area contributed by atoms with Gasteiger partial charge in [-0.05, 0) is 49.8 Å². The number of rotatable bonds is 3. The number of nitrogens with one attached hydrogen (secondary N) is 1. The van der Waals surface area contributed by atoms with Gasteiger partial charge in [-0.1, -0.05) is 24.8 Å². The minimum absolute atomic E-state index is 0.00240. The van der Waals surface area contributed by atoms with Gasteiger partial charge in [0, 0.05) is 23.6 Å². The summed E-state index contributed by atoms with van der Waals surface area (Å²) in [5.41, 5.74) is 2.48. The quantitative estimate of drug-likeness (QED) is 0.839. The molecule has 1 aliphatic rings. The number of aliphatic hydroxyl groups excluding tert-OH is 1. The Balaban J connectivity index is 2.09. The van der Waals surface area contributed by atoms with Crippen molar-refractivity contribution < 1.29 is 9.90 Å². The number of carbonyl (C=O) groups excluding carboxylic acids is 1. The third kappa shape index (κ3) is 4.34. The van der Waals surface area contributed by atoms with Crippen LogP contribution in [0.4, 0.5) is 0 Å². The highest BCUT2D eigenvalue weighted by atomic mass is 16.2. The highest BCUT2D eigenvalue weighted by molar-refractivity contribution is 5.96. The van der Waals surface area contributed by atoms with E-state index in [1.54, 1.807) is 0 Å². The Morgan fingerprint density at radius 3 is 2.90 bits per heavy atom. The smallest absolute Gasteiger partial charge is 0.251 e. The zero-order chi connectivity index (χ0) is 15.2.